The van der Waals surface area contributed by atoms with E-state index in [-0.39, 0.29) is 23.8 Å². The highest BCUT2D eigenvalue weighted by Gasteiger charge is 2.64. The van der Waals surface area contributed by atoms with Gasteiger partial charge in [0.1, 0.15) is 18.3 Å². The quantitative estimate of drug-likeness (QED) is 0.616. The Morgan fingerprint density at radius 3 is 2.61 bits per heavy atom. The molecule has 33 heavy (non-hydrogen) atoms. The molecule has 164 valence electrons. The normalized spacial score (nSPS) is 20.9. The number of hydrogen-bond acceptors (Lipinski definition) is 7. The summed E-state index contributed by atoms with van der Waals surface area (Å²) in [5.74, 6) is -3.03. The highest BCUT2D eigenvalue weighted by atomic mass is 35.5. The number of carbonyl (C=O) groups excluding carboxylic acids is 1. The Kier molecular flexibility index (Phi) is 4.81. The summed E-state index contributed by atoms with van der Waals surface area (Å²) in [6.45, 7) is -0.419. The molecule has 3 heterocycles. The standard InChI is InChI=1S/C24H16ClN3O5/c25-14-7-5-13(6-8-14)11-28-18-4-2-1-3-16(18)24(23(28)31)17(10-26)22(27)33-20-19(30)9-15(12-29)32-21(20)24/h1-9,17,27,29H,11-12H2. The van der Waals surface area contributed by atoms with Gasteiger partial charge in [-0.05, 0) is 23.8 Å². The molecule has 1 amide bonds. The van der Waals surface area contributed by atoms with Crippen molar-refractivity contribution in [3.8, 4) is 11.8 Å². The lowest BCUT2D eigenvalue weighted by Crippen LogP contribution is -2.53. The van der Waals surface area contributed by atoms with E-state index in [1.165, 1.54) is 4.90 Å². The maximum atomic E-state index is 14.2. The fourth-order valence-corrected chi connectivity index (χ4v) is 4.65. The Morgan fingerprint density at radius 2 is 1.91 bits per heavy atom. The predicted molar refractivity (Wildman–Crippen MR) is 118 cm³/mol. The van der Waals surface area contributed by atoms with Crippen molar-refractivity contribution in [2.24, 2.45) is 5.92 Å². The molecule has 0 bridgehead atoms. The minimum absolute atomic E-state index is 0.0757. The van der Waals surface area contributed by atoms with Crippen LogP contribution in [-0.2, 0) is 23.4 Å². The van der Waals surface area contributed by atoms with Crippen molar-refractivity contribution in [1.82, 2.24) is 0 Å². The molecule has 0 aliphatic carbocycles. The summed E-state index contributed by atoms with van der Waals surface area (Å²) >= 11 is 5.99. The van der Waals surface area contributed by atoms with Crippen LogP contribution in [0.25, 0.3) is 0 Å². The van der Waals surface area contributed by atoms with Crippen LogP contribution in [0.5, 0.6) is 5.75 Å². The van der Waals surface area contributed by atoms with E-state index in [0.29, 0.717) is 16.3 Å². The number of ether oxygens (including phenoxy) is 1. The van der Waals surface area contributed by atoms with Gasteiger partial charge in [-0.25, -0.2) is 0 Å². The number of aliphatic hydroxyl groups excluding tert-OH is 1. The number of aliphatic hydroxyl groups is 1. The maximum Gasteiger partial charge on any atom is 0.247 e. The van der Waals surface area contributed by atoms with Crippen LogP contribution in [0.15, 0.2) is 63.8 Å². The molecule has 9 heteroatoms. The average Bonchev–Trinajstić information content (AvgIpc) is 3.05. The number of halogens is 1. The lowest BCUT2D eigenvalue weighted by molar-refractivity contribution is -0.123. The minimum atomic E-state index is -1.81. The molecule has 1 aromatic heterocycles. The van der Waals surface area contributed by atoms with Gasteiger partial charge in [0.25, 0.3) is 0 Å². The zero-order valence-corrected chi connectivity index (χ0v) is 17.8. The number of rotatable bonds is 3. The largest absolute Gasteiger partial charge is 0.458 e. The van der Waals surface area contributed by atoms with Crippen LogP contribution in [0.4, 0.5) is 5.69 Å². The van der Waals surface area contributed by atoms with E-state index in [1.807, 2.05) is 6.07 Å². The monoisotopic (exact) mass is 461 g/mol. The first kappa shape index (κ1) is 20.9. The molecule has 0 radical (unpaired) electrons. The highest BCUT2D eigenvalue weighted by molar-refractivity contribution is 6.30. The van der Waals surface area contributed by atoms with E-state index >= 15 is 0 Å². The Hall–Kier alpha value is -3.93. The third-order valence-corrected chi connectivity index (χ3v) is 6.21. The third kappa shape index (κ3) is 2.90. The third-order valence-electron chi connectivity index (χ3n) is 5.96. The van der Waals surface area contributed by atoms with Crippen LogP contribution in [-0.4, -0.2) is 16.9 Å². The van der Waals surface area contributed by atoms with Crippen molar-refractivity contribution >= 4 is 29.1 Å². The molecule has 2 aromatic carbocycles. The maximum absolute atomic E-state index is 14.2. The van der Waals surface area contributed by atoms with Gasteiger partial charge >= 0.3 is 0 Å². The molecule has 2 aliphatic rings. The number of fused-ring (bicyclic) bond motifs is 4. The zero-order chi connectivity index (χ0) is 23.3. The molecule has 0 saturated carbocycles. The molecule has 2 aliphatic heterocycles. The summed E-state index contributed by atoms with van der Waals surface area (Å²) in [4.78, 5) is 28.4. The van der Waals surface area contributed by atoms with Gasteiger partial charge in [-0.2, -0.15) is 5.26 Å². The lowest BCUT2D eigenvalue weighted by atomic mass is 9.67. The van der Waals surface area contributed by atoms with E-state index in [2.05, 4.69) is 0 Å². The van der Waals surface area contributed by atoms with Gasteiger partial charge in [0.15, 0.2) is 11.2 Å². The minimum Gasteiger partial charge on any atom is -0.458 e. The van der Waals surface area contributed by atoms with Gasteiger partial charge in [0.05, 0.1) is 12.6 Å². The van der Waals surface area contributed by atoms with Crippen molar-refractivity contribution in [1.29, 1.82) is 10.7 Å². The molecule has 0 fully saturated rings. The van der Waals surface area contributed by atoms with Crippen molar-refractivity contribution in [2.75, 3.05) is 4.90 Å². The molecule has 3 aromatic rings. The van der Waals surface area contributed by atoms with Crippen LogP contribution in [0.1, 0.15) is 22.6 Å². The lowest BCUT2D eigenvalue weighted by Gasteiger charge is -2.36. The molecule has 2 unspecified atom stereocenters. The van der Waals surface area contributed by atoms with Crippen LogP contribution >= 0.6 is 11.6 Å². The number of anilines is 1. The number of nitriles is 1. The Morgan fingerprint density at radius 1 is 1.18 bits per heavy atom. The summed E-state index contributed by atoms with van der Waals surface area (Å²) in [6, 6.07) is 16.9. The van der Waals surface area contributed by atoms with E-state index in [4.69, 9.17) is 26.2 Å². The Labute approximate surface area is 192 Å². The van der Waals surface area contributed by atoms with Crippen LogP contribution in [0.2, 0.25) is 5.02 Å². The number of para-hydroxylation sites is 1. The van der Waals surface area contributed by atoms with Crippen molar-refractivity contribution in [3.63, 3.8) is 0 Å². The van der Waals surface area contributed by atoms with Crippen LogP contribution in [0.3, 0.4) is 0 Å². The summed E-state index contributed by atoms with van der Waals surface area (Å²) in [5.41, 5.74) is -0.728. The summed E-state index contributed by atoms with van der Waals surface area (Å²) in [5, 5.41) is 28.5. The summed E-state index contributed by atoms with van der Waals surface area (Å²) < 4.78 is 11.2. The fourth-order valence-electron chi connectivity index (χ4n) is 4.52. The number of benzene rings is 2. The van der Waals surface area contributed by atoms with Gasteiger partial charge in [-0.1, -0.05) is 41.9 Å². The van der Waals surface area contributed by atoms with Gasteiger partial charge < -0.3 is 19.2 Å². The smallest absolute Gasteiger partial charge is 0.247 e. The van der Waals surface area contributed by atoms with Gasteiger partial charge in [0.2, 0.25) is 23.0 Å². The zero-order valence-electron chi connectivity index (χ0n) is 17.0. The summed E-state index contributed by atoms with van der Waals surface area (Å²) in [7, 11) is 0. The second-order valence-corrected chi connectivity index (χ2v) is 8.20. The topological polar surface area (TPSA) is 128 Å². The fraction of sp³-hybridized carbons (Fsp3) is 0.167. The second kappa shape index (κ2) is 7.59. The predicted octanol–water partition coefficient (Wildman–Crippen LogP) is 3.13. The Balaban J connectivity index is 1.79. The van der Waals surface area contributed by atoms with Crippen molar-refractivity contribution in [2.45, 2.75) is 18.6 Å². The average molecular weight is 462 g/mol. The molecule has 5 rings (SSSR count). The number of amides is 1. The van der Waals surface area contributed by atoms with Crippen LogP contribution in [0, 0.1) is 22.7 Å². The van der Waals surface area contributed by atoms with Crippen LogP contribution < -0.4 is 15.1 Å². The molecule has 8 nitrogen and oxygen atoms in total. The number of nitrogens with zero attached hydrogens (tertiary/aromatic N) is 2. The van der Waals surface area contributed by atoms with Gasteiger partial charge in [0, 0.05) is 22.3 Å². The molecule has 2 atom stereocenters. The van der Waals surface area contributed by atoms with E-state index in [9.17, 15) is 20.0 Å². The SMILES string of the molecule is N#CC1C(=N)Oc2c(oc(CO)cc2=O)C12C(=O)N(Cc1ccc(Cl)cc1)c1ccccc12. The highest BCUT2D eigenvalue weighted by Crippen LogP contribution is 2.55. The van der Waals surface area contributed by atoms with E-state index in [0.717, 1.165) is 11.6 Å². The number of hydrogen-bond donors (Lipinski definition) is 2. The molecular weight excluding hydrogens is 446 g/mol. The van der Waals surface area contributed by atoms with Gasteiger partial charge in [-0.15, -0.1) is 0 Å². The first-order valence-corrected chi connectivity index (χ1v) is 10.4. The van der Waals surface area contributed by atoms with E-state index in [1.54, 1.807) is 48.5 Å². The van der Waals surface area contributed by atoms with Crippen molar-refractivity contribution < 1.29 is 19.1 Å². The second-order valence-electron chi connectivity index (χ2n) is 7.76. The Bertz CT molecular complexity index is 1410. The number of nitrogens with one attached hydrogen (secondary N) is 1. The van der Waals surface area contributed by atoms with E-state index < -0.39 is 35.2 Å². The molecule has 2 N–H and O–H groups in total. The summed E-state index contributed by atoms with van der Waals surface area (Å²) in [6.07, 6.45) is 0. The molecule has 0 saturated heterocycles. The number of carbonyl (C=O) groups is 1. The molecular formula is C24H16ClN3O5. The first-order valence-electron chi connectivity index (χ1n) is 10.0. The van der Waals surface area contributed by atoms with Gasteiger partial charge in [-0.3, -0.25) is 15.0 Å². The first-order chi connectivity index (χ1) is 15.9. The van der Waals surface area contributed by atoms with Crippen molar-refractivity contribution in [3.05, 3.63) is 92.5 Å². The molecule has 1 spiro atoms.